The molecule has 6 nitrogen and oxygen atoms in total. The van der Waals surface area contributed by atoms with Crippen molar-refractivity contribution >= 4 is 11.9 Å². The molecule has 1 aromatic heterocycles. The molecule has 0 aromatic carbocycles. The van der Waals surface area contributed by atoms with Crippen LogP contribution in [0.3, 0.4) is 0 Å². The number of likely N-dealkylation sites (tertiary alicyclic amines) is 1. The predicted molar refractivity (Wildman–Crippen MR) is 72.1 cm³/mol. The lowest BCUT2D eigenvalue weighted by Crippen LogP contribution is -2.31. The molecule has 0 radical (unpaired) electrons. The Labute approximate surface area is 118 Å². The lowest BCUT2D eigenvalue weighted by molar-refractivity contribution is -0.146. The van der Waals surface area contributed by atoms with Gasteiger partial charge in [0.1, 0.15) is 0 Å². The molecule has 2 heterocycles. The summed E-state index contributed by atoms with van der Waals surface area (Å²) in [6.07, 6.45) is 0. The third kappa shape index (κ3) is 2.64. The lowest BCUT2D eigenvalue weighted by atomic mass is 9.99. The zero-order valence-corrected chi connectivity index (χ0v) is 12.2. The summed E-state index contributed by atoms with van der Waals surface area (Å²) in [7, 11) is 1.37. The van der Waals surface area contributed by atoms with Crippen LogP contribution in [0, 0.1) is 25.7 Å². The number of aromatic nitrogens is 2. The van der Waals surface area contributed by atoms with Crippen molar-refractivity contribution in [1.82, 2.24) is 15.1 Å². The Bertz CT molecular complexity index is 544. The third-order valence-corrected chi connectivity index (χ3v) is 3.73. The van der Waals surface area contributed by atoms with Crippen LogP contribution in [0.5, 0.6) is 0 Å². The molecule has 1 aromatic rings. The van der Waals surface area contributed by atoms with Crippen molar-refractivity contribution in [2.24, 2.45) is 11.8 Å². The van der Waals surface area contributed by atoms with E-state index < -0.39 is 0 Å². The fourth-order valence-corrected chi connectivity index (χ4v) is 2.53. The minimum Gasteiger partial charge on any atom is -0.469 e. The van der Waals surface area contributed by atoms with E-state index in [1.165, 1.54) is 7.11 Å². The molecule has 2 atom stereocenters. The molecule has 1 fully saturated rings. The molecular formula is C14H19N3O3. The molecule has 2 unspecified atom stereocenters. The van der Waals surface area contributed by atoms with Crippen LogP contribution in [0.2, 0.25) is 0 Å². The Morgan fingerprint density at radius 3 is 2.65 bits per heavy atom. The summed E-state index contributed by atoms with van der Waals surface area (Å²) in [4.78, 5) is 25.9. The number of hydrogen-bond acceptors (Lipinski definition) is 5. The van der Waals surface area contributed by atoms with Crippen molar-refractivity contribution in [1.29, 1.82) is 0 Å². The first-order valence-electron chi connectivity index (χ1n) is 6.62. The Hall–Kier alpha value is -1.98. The number of carbonyl (C=O) groups is 2. The number of ether oxygens (including phenoxy) is 1. The minimum absolute atomic E-state index is 0.0984. The highest BCUT2D eigenvalue weighted by atomic mass is 16.5. The van der Waals surface area contributed by atoms with Crippen LogP contribution in [0.1, 0.15) is 28.7 Å². The van der Waals surface area contributed by atoms with Crippen LogP contribution >= 0.6 is 0 Å². The maximum absolute atomic E-state index is 12.5. The fraction of sp³-hybridized carbons (Fsp3) is 0.571. The monoisotopic (exact) mass is 277 g/mol. The van der Waals surface area contributed by atoms with Crippen molar-refractivity contribution in [2.75, 3.05) is 20.2 Å². The number of rotatable bonds is 2. The van der Waals surface area contributed by atoms with Crippen molar-refractivity contribution in [3.8, 4) is 0 Å². The van der Waals surface area contributed by atoms with E-state index in [1.807, 2.05) is 6.92 Å². The first-order valence-corrected chi connectivity index (χ1v) is 6.62. The lowest BCUT2D eigenvalue weighted by Gasteiger charge is -2.17. The fourth-order valence-electron chi connectivity index (χ4n) is 2.53. The second-order valence-electron chi connectivity index (χ2n) is 5.30. The van der Waals surface area contributed by atoms with E-state index in [9.17, 15) is 9.59 Å². The van der Waals surface area contributed by atoms with Crippen LogP contribution < -0.4 is 0 Å². The standard InChI is InChI=1S/C14H19N3O3/c1-8-6-17(7-12(8)14(19)20-4)13(18)11-5-9(2)15-16-10(11)3/h5,8,12H,6-7H2,1-4H3. The topological polar surface area (TPSA) is 72.4 Å². The van der Waals surface area contributed by atoms with Gasteiger partial charge in [0.2, 0.25) is 0 Å². The van der Waals surface area contributed by atoms with Crippen molar-refractivity contribution < 1.29 is 14.3 Å². The molecule has 108 valence electrons. The Kier molecular flexibility index (Phi) is 4.01. The molecule has 0 spiro atoms. The Balaban J connectivity index is 2.19. The molecule has 0 aliphatic carbocycles. The molecule has 0 N–H and O–H groups in total. The van der Waals surface area contributed by atoms with Gasteiger partial charge in [-0.05, 0) is 25.8 Å². The highest BCUT2D eigenvalue weighted by Gasteiger charge is 2.38. The number of amides is 1. The third-order valence-electron chi connectivity index (χ3n) is 3.73. The number of hydrogen-bond donors (Lipinski definition) is 0. The van der Waals surface area contributed by atoms with Crippen LogP contribution in [-0.2, 0) is 9.53 Å². The van der Waals surface area contributed by atoms with E-state index >= 15 is 0 Å². The summed E-state index contributed by atoms with van der Waals surface area (Å²) in [5, 5.41) is 7.90. The van der Waals surface area contributed by atoms with E-state index in [1.54, 1.807) is 24.8 Å². The molecule has 2 rings (SSSR count). The van der Waals surface area contributed by atoms with Gasteiger partial charge < -0.3 is 9.64 Å². The first-order chi connectivity index (χ1) is 9.43. The molecule has 1 aliphatic rings. The number of carbonyl (C=O) groups excluding carboxylic acids is 2. The molecule has 0 saturated carbocycles. The molecule has 6 heteroatoms. The van der Waals surface area contributed by atoms with Crippen molar-refractivity contribution in [3.63, 3.8) is 0 Å². The van der Waals surface area contributed by atoms with Gasteiger partial charge >= 0.3 is 5.97 Å². The maximum atomic E-state index is 12.5. The summed E-state index contributed by atoms with van der Waals surface area (Å²) >= 11 is 0. The SMILES string of the molecule is COC(=O)C1CN(C(=O)c2cc(C)nnc2C)CC1C. The van der Waals surface area contributed by atoms with E-state index in [0.717, 1.165) is 0 Å². The second kappa shape index (κ2) is 5.56. The summed E-state index contributed by atoms with van der Waals surface area (Å²) in [6.45, 7) is 6.47. The number of nitrogens with zero attached hydrogens (tertiary/aromatic N) is 3. The Morgan fingerprint density at radius 2 is 2.00 bits per heavy atom. The zero-order valence-electron chi connectivity index (χ0n) is 12.2. The highest BCUT2D eigenvalue weighted by molar-refractivity contribution is 5.95. The van der Waals surface area contributed by atoms with E-state index in [0.29, 0.717) is 30.0 Å². The summed E-state index contributed by atoms with van der Waals surface area (Å²) in [5.74, 6) is -0.505. The number of esters is 1. The summed E-state index contributed by atoms with van der Waals surface area (Å²) in [6, 6.07) is 1.74. The average molecular weight is 277 g/mol. The van der Waals surface area contributed by atoms with Gasteiger partial charge in [-0.15, -0.1) is 0 Å². The second-order valence-corrected chi connectivity index (χ2v) is 5.30. The van der Waals surface area contributed by atoms with E-state index in [-0.39, 0.29) is 23.7 Å². The van der Waals surface area contributed by atoms with Gasteiger partial charge in [-0.1, -0.05) is 6.92 Å². The van der Waals surface area contributed by atoms with Crippen LogP contribution in [0.25, 0.3) is 0 Å². The van der Waals surface area contributed by atoms with Crippen LogP contribution in [0.4, 0.5) is 0 Å². The highest BCUT2D eigenvalue weighted by Crippen LogP contribution is 2.25. The molecule has 1 saturated heterocycles. The molecule has 1 aliphatic heterocycles. The van der Waals surface area contributed by atoms with Crippen molar-refractivity contribution in [3.05, 3.63) is 23.0 Å². The zero-order chi connectivity index (χ0) is 14.9. The van der Waals surface area contributed by atoms with Gasteiger partial charge in [-0.3, -0.25) is 9.59 Å². The van der Waals surface area contributed by atoms with E-state index in [4.69, 9.17) is 4.74 Å². The molecular weight excluding hydrogens is 258 g/mol. The summed E-state index contributed by atoms with van der Waals surface area (Å²) in [5.41, 5.74) is 1.86. The average Bonchev–Trinajstić information content (AvgIpc) is 2.82. The number of aryl methyl sites for hydroxylation is 2. The van der Waals surface area contributed by atoms with Crippen molar-refractivity contribution in [2.45, 2.75) is 20.8 Å². The van der Waals surface area contributed by atoms with Crippen LogP contribution in [-0.4, -0.2) is 47.2 Å². The maximum Gasteiger partial charge on any atom is 0.310 e. The van der Waals surface area contributed by atoms with Gasteiger partial charge in [0, 0.05) is 13.1 Å². The van der Waals surface area contributed by atoms with Gasteiger partial charge in [0.15, 0.2) is 0 Å². The normalized spacial score (nSPS) is 21.9. The first kappa shape index (κ1) is 14.4. The van der Waals surface area contributed by atoms with Gasteiger partial charge in [0.05, 0.1) is 30.0 Å². The molecule has 20 heavy (non-hydrogen) atoms. The minimum atomic E-state index is -0.256. The van der Waals surface area contributed by atoms with Gasteiger partial charge in [-0.2, -0.15) is 10.2 Å². The summed E-state index contributed by atoms with van der Waals surface area (Å²) < 4.78 is 4.78. The predicted octanol–water partition coefficient (Wildman–Crippen LogP) is 0.975. The van der Waals surface area contributed by atoms with E-state index in [2.05, 4.69) is 10.2 Å². The smallest absolute Gasteiger partial charge is 0.310 e. The van der Waals surface area contributed by atoms with Crippen LogP contribution in [0.15, 0.2) is 6.07 Å². The number of methoxy groups -OCH3 is 1. The quantitative estimate of drug-likeness (QED) is 0.753. The van der Waals surface area contributed by atoms with Gasteiger partial charge in [0.25, 0.3) is 5.91 Å². The largest absolute Gasteiger partial charge is 0.469 e. The molecule has 0 bridgehead atoms. The molecule has 1 amide bonds. The van der Waals surface area contributed by atoms with Gasteiger partial charge in [-0.25, -0.2) is 0 Å². The Morgan fingerprint density at radius 1 is 1.30 bits per heavy atom.